The van der Waals surface area contributed by atoms with Crippen LogP contribution in [0.1, 0.15) is 24.2 Å². The van der Waals surface area contributed by atoms with E-state index < -0.39 is 6.10 Å². The van der Waals surface area contributed by atoms with Crippen LogP contribution in [0.2, 0.25) is 0 Å². The lowest BCUT2D eigenvalue weighted by atomic mass is 10.0. The predicted molar refractivity (Wildman–Crippen MR) is 70.9 cm³/mol. The molecule has 1 aromatic rings. The number of benzene rings is 1. The number of aliphatic hydroxyl groups excluding tert-OH is 1. The van der Waals surface area contributed by atoms with E-state index in [1.165, 1.54) is 0 Å². The van der Waals surface area contributed by atoms with Crippen molar-refractivity contribution in [3.8, 4) is 11.5 Å². The topological polar surface area (TPSA) is 67.8 Å². The molecule has 0 radical (unpaired) electrons. The summed E-state index contributed by atoms with van der Waals surface area (Å²) in [5.74, 6) is 1.25. The molecule has 0 spiro atoms. The first-order chi connectivity index (χ1) is 9.08. The van der Waals surface area contributed by atoms with Gasteiger partial charge in [0.1, 0.15) is 13.2 Å². The molecular formula is C14H19NO4. The first-order valence-electron chi connectivity index (χ1n) is 6.43. The minimum Gasteiger partial charge on any atom is -0.486 e. The van der Waals surface area contributed by atoms with Crippen molar-refractivity contribution < 1.29 is 19.4 Å². The SMILES string of the molecule is CC(O)CNC(C)C(=O)c1ccc2c(c1)OCCO2. The molecule has 0 aliphatic carbocycles. The summed E-state index contributed by atoms with van der Waals surface area (Å²) in [6.45, 7) is 4.88. The molecular weight excluding hydrogens is 246 g/mol. The van der Waals surface area contributed by atoms with Crippen LogP contribution in [0.3, 0.4) is 0 Å². The first kappa shape index (κ1) is 13.8. The summed E-state index contributed by atoms with van der Waals surface area (Å²) in [4.78, 5) is 12.2. The van der Waals surface area contributed by atoms with E-state index in [2.05, 4.69) is 5.32 Å². The van der Waals surface area contributed by atoms with Gasteiger partial charge in [-0.25, -0.2) is 0 Å². The summed E-state index contributed by atoms with van der Waals surface area (Å²) in [6, 6.07) is 4.84. The lowest BCUT2D eigenvalue weighted by Crippen LogP contribution is -2.38. The summed E-state index contributed by atoms with van der Waals surface area (Å²) in [5, 5.41) is 12.2. The number of carbonyl (C=O) groups excluding carboxylic acids is 1. The van der Waals surface area contributed by atoms with Gasteiger partial charge in [-0.15, -0.1) is 0 Å². The zero-order chi connectivity index (χ0) is 13.8. The molecule has 2 atom stereocenters. The summed E-state index contributed by atoms with van der Waals surface area (Å²) in [7, 11) is 0. The summed E-state index contributed by atoms with van der Waals surface area (Å²) < 4.78 is 10.9. The predicted octanol–water partition coefficient (Wildman–Crippen LogP) is 0.999. The number of carbonyl (C=O) groups is 1. The third-order valence-electron chi connectivity index (χ3n) is 2.94. The molecule has 0 saturated carbocycles. The first-order valence-corrected chi connectivity index (χ1v) is 6.43. The van der Waals surface area contributed by atoms with Crippen LogP contribution in [0.25, 0.3) is 0 Å². The van der Waals surface area contributed by atoms with Crippen LogP contribution in [0.5, 0.6) is 11.5 Å². The molecule has 0 fully saturated rings. The van der Waals surface area contributed by atoms with Crippen molar-refractivity contribution in [1.82, 2.24) is 5.32 Å². The van der Waals surface area contributed by atoms with Gasteiger partial charge in [-0.2, -0.15) is 0 Å². The van der Waals surface area contributed by atoms with Gasteiger partial charge < -0.3 is 19.9 Å². The molecule has 1 aliphatic rings. The minimum atomic E-state index is -0.476. The normalized spacial score (nSPS) is 16.8. The number of fused-ring (bicyclic) bond motifs is 1. The summed E-state index contributed by atoms with van der Waals surface area (Å²) >= 11 is 0. The van der Waals surface area contributed by atoms with Crippen LogP contribution in [0.15, 0.2) is 18.2 Å². The maximum absolute atomic E-state index is 12.2. The van der Waals surface area contributed by atoms with E-state index in [1.807, 2.05) is 0 Å². The van der Waals surface area contributed by atoms with Gasteiger partial charge >= 0.3 is 0 Å². The molecule has 2 rings (SSSR count). The fourth-order valence-electron chi connectivity index (χ4n) is 1.89. The highest BCUT2D eigenvalue weighted by atomic mass is 16.6. The minimum absolute atomic E-state index is 0.0300. The lowest BCUT2D eigenvalue weighted by molar-refractivity contribution is 0.0940. The fourth-order valence-corrected chi connectivity index (χ4v) is 1.89. The van der Waals surface area contributed by atoms with Crippen LogP contribution in [-0.2, 0) is 0 Å². The maximum Gasteiger partial charge on any atom is 0.179 e. The average Bonchev–Trinajstić information content (AvgIpc) is 2.43. The van der Waals surface area contributed by atoms with Crippen LogP contribution in [0, 0.1) is 0 Å². The van der Waals surface area contributed by atoms with Crippen LogP contribution >= 0.6 is 0 Å². The van der Waals surface area contributed by atoms with Crippen molar-refractivity contribution >= 4 is 5.78 Å². The number of hydrogen-bond donors (Lipinski definition) is 2. The van der Waals surface area contributed by atoms with Crippen molar-refractivity contribution in [1.29, 1.82) is 0 Å². The van der Waals surface area contributed by atoms with Crippen LogP contribution < -0.4 is 14.8 Å². The molecule has 2 N–H and O–H groups in total. The molecule has 5 heteroatoms. The van der Waals surface area contributed by atoms with E-state index >= 15 is 0 Å². The molecule has 5 nitrogen and oxygen atoms in total. The molecule has 19 heavy (non-hydrogen) atoms. The molecule has 1 aromatic carbocycles. The Balaban J connectivity index is 2.06. The molecule has 104 valence electrons. The maximum atomic E-state index is 12.2. The van der Waals surface area contributed by atoms with Gasteiger partial charge in [-0.05, 0) is 32.0 Å². The van der Waals surface area contributed by atoms with E-state index in [4.69, 9.17) is 9.47 Å². The fraction of sp³-hybridized carbons (Fsp3) is 0.500. The number of hydrogen-bond acceptors (Lipinski definition) is 5. The van der Waals surface area contributed by atoms with Crippen molar-refractivity contribution in [3.63, 3.8) is 0 Å². The molecule has 0 aromatic heterocycles. The number of aliphatic hydroxyl groups is 1. The zero-order valence-electron chi connectivity index (χ0n) is 11.2. The average molecular weight is 265 g/mol. The largest absolute Gasteiger partial charge is 0.486 e. The Morgan fingerprint density at radius 2 is 2.00 bits per heavy atom. The monoisotopic (exact) mass is 265 g/mol. The van der Waals surface area contributed by atoms with Crippen LogP contribution in [0.4, 0.5) is 0 Å². The Kier molecular flexibility index (Phi) is 4.39. The molecule has 1 heterocycles. The van der Waals surface area contributed by atoms with E-state index in [-0.39, 0.29) is 11.8 Å². The Labute approximate surface area is 112 Å². The zero-order valence-corrected chi connectivity index (χ0v) is 11.2. The van der Waals surface area contributed by atoms with E-state index in [0.29, 0.717) is 36.8 Å². The molecule has 0 amide bonds. The Hall–Kier alpha value is -1.59. The van der Waals surface area contributed by atoms with Crippen molar-refractivity contribution in [2.24, 2.45) is 0 Å². The van der Waals surface area contributed by atoms with Crippen molar-refractivity contribution in [3.05, 3.63) is 23.8 Å². The highest BCUT2D eigenvalue weighted by Gasteiger charge is 2.19. The van der Waals surface area contributed by atoms with E-state index in [1.54, 1.807) is 32.0 Å². The summed E-state index contributed by atoms with van der Waals surface area (Å²) in [5.41, 5.74) is 0.579. The van der Waals surface area contributed by atoms with Crippen molar-refractivity contribution in [2.45, 2.75) is 26.0 Å². The van der Waals surface area contributed by atoms with Crippen molar-refractivity contribution in [2.75, 3.05) is 19.8 Å². The Morgan fingerprint density at radius 1 is 1.32 bits per heavy atom. The second kappa shape index (κ2) is 6.04. The van der Waals surface area contributed by atoms with Gasteiger partial charge in [0.05, 0.1) is 12.1 Å². The quantitative estimate of drug-likeness (QED) is 0.777. The standard InChI is InChI=1S/C14H19NO4/c1-9(16)8-15-10(2)14(17)11-3-4-12-13(7-11)19-6-5-18-12/h3-4,7,9-10,15-16H,5-6,8H2,1-2H3. The smallest absolute Gasteiger partial charge is 0.179 e. The van der Waals surface area contributed by atoms with Gasteiger partial charge in [0.15, 0.2) is 17.3 Å². The third kappa shape index (κ3) is 3.45. The number of nitrogens with one attached hydrogen (secondary N) is 1. The number of ether oxygens (including phenoxy) is 2. The Morgan fingerprint density at radius 3 is 2.68 bits per heavy atom. The number of Topliss-reactive ketones (excluding diaryl/α,β-unsaturated/α-hetero) is 1. The van der Waals surface area contributed by atoms with E-state index in [0.717, 1.165) is 0 Å². The van der Waals surface area contributed by atoms with Crippen LogP contribution in [-0.4, -0.2) is 42.8 Å². The number of rotatable bonds is 5. The van der Waals surface area contributed by atoms with E-state index in [9.17, 15) is 9.90 Å². The molecule has 0 saturated heterocycles. The molecule has 2 unspecified atom stereocenters. The van der Waals surface area contributed by atoms with Gasteiger partial charge in [0.2, 0.25) is 0 Å². The Bertz CT molecular complexity index is 459. The highest BCUT2D eigenvalue weighted by Crippen LogP contribution is 2.31. The summed E-state index contributed by atoms with van der Waals surface area (Å²) in [6.07, 6.45) is -0.476. The number of ketones is 1. The van der Waals surface area contributed by atoms with Gasteiger partial charge in [0, 0.05) is 12.1 Å². The molecule has 0 bridgehead atoms. The van der Waals surface area contributed by atoms with Gasteiger partial charge in [-0.3, -0.25) is 4.79 Å². The lowest BCUT2D eigenvalue weighted by Gasteiger charge is -2.19. The molecule has 1 aliphatic heterocycles. The second-order valence-electron chi connectivity index (χ2n) is 4.70. The van der Waals surface area contributed by atoms with Gasteiger partial charge in [0.25, 0.3) is 0 Å². The highest BCUT2D eigenvalue weighted by molar-refractivity contribution is 6.00. The third-order valence-corrected chi connectivity index (χ3v) is 2.94. The second-order valence-corrected chi connectivity index (χ2v) is 4.70. The van der Waals surface area contributed by atoms with Gasteiger partial charge in [-0.1, -0.05) is 0 Å².